The highest BCUT2D eigenvalue weighted by Crippen LogP contribution is 2.41. The lowest BCUT2D eigenvalue weighted by molar-refractivity contribution is -0.0437. The molecule has 2 saturated heterocycles. The van der Waals surface area contributed by atoms with Gasteiger partial charge in [0.1, 0.15) is 0 Å². The maximum atomic E-state index is 11.1. The van der Waals surface area contributed by atoms with Crippen molar-refractivity contribution < 1.29 is 5.11 Å². The Bertz CT molecular complexity index is 650. The van der Waals surface area contributed by atoms with Crippen LogP contribution >= 0.6 is 0 Å². The Labute approximate surface area is 138 Å². The van der Waals surface area contributed by atoms with E-state index >= 15 is 0 Å². The molecular weight excluding hydrogens is 282 g/mol. The van der Waals surface area contributed by atoms with Gasteiger partial charge in [0.15, 0.2) is 0 Å². The van der Waals surface area contributed by atoms with Crippen LogP contribution in [0.4, 0.5) is 0 Å². The van der Waals surface area contributed by atoms with Crippen LogP contribution in [0.15, 0.2) is 54.6 Å². The van der Waals surface area contributed by atoms with Crippen LogP contribution < -0.4 is 0 Å². The van der Waals surface area contributed by atoms with Crippen LogP contribution in [-0.4, -0.2) is 34.7 Å². The normalized spacial score (nSPS) is 30.5. The maximum absolute atomic E-state index is 11.1. The van der Waals surface area contributed by atoms with Crippen LogP contribution in [0.25, 0.3) is 11.1 Å². The van der Waals surface area contributed by atoms with Gasteiger partial charge >= 0.3 is 0 Å². The molecule has 4 rings (SSSR count). The van der Waals surface area contributed by atoms with E-state index in [1.807, 2.05) is 6.07 Å². The molecule has 2 fully saturated rings. The van der Waals surface area contributed by atoms with Gasteiger partial charge in [-0.25, -0.2) is 0 Å². The minimum absolute atomic E-state index is 0.521. The third kappa shape index (κ3) is 2.93. The Hall–Kier alpha value is -1.64. The number of aliphatic hydroxyl groups is 1. The van der Waals surface area contributed by atoms with Gasteiger partial charge in [-0.2, -0.15) is 0 Å². The Morgan fingerprint density at radius 2 is 1.48 bits per heavy atom. The van der Waals surface area contributed by atoms with Crippen molar-refractivity contribution in [2.24, 2.45) is 0 Å². The molecule has 2 unspecified atom stereocenters. The SMILES string of the molecule is CN1C2CCC1CC(O)(Cc1ccc(-c3ccccc3)cc1)C2. The second-order valence-electron chi connectivity index (χ2n) is 7.42. The van der Waals surface area contributed by atoms with Crippen LogP contribution in [-0.2, 0) is 6.42 Å². The van der Waals surface area contributed by atoms with Crippen LogP contribution in [0.1, 0.15) is 31.2 Å². The molecule has 2 aromatic carbocycles. The quantitative estimate of drug-likeness (QED) is 0.930. The fourth-order valence-electron chi connectivity index (χ4n) is 4.51. The molecule has 120 valence electrons. The Kier molecular flexibility index (Phi) is 3.74. The second kappa shape index (κ2) is 5.77. The molecular formula is C21H25NO. The fraction of sp³-hybridized carbons (Fsp3) is 0.429. The molecule has 0 aromatic heterocycles. The summed E-state index contributed by atoms with van der Waals surface area (Å²) >= 11 is 0. The van der Waals surface area contributed by atoms with Crippen molar-refractivity contribution >= 4 is 0 Å². The van der Waals surface area contributed by atoms with E-state index in [-0.39, 0.29) is 0 Å². The zero-order chi connectivity index (χ0) is 15.9. The van der Waals surface area contributed by atoms with E-state index in [1.165, 1.54) is 29.5 Å². The largest absolute Gasteiger partial charge is 0.389 e. The van der Waals surface area contributed by atoms with Crippen molar-refractivity contribution in [3.63, 3.8) is 0 Å². The van der Waals surface area contributed by atoms with Gasteiger partial charge in [0.2, 0.25) is 0 Å². The van der Waals surface area contributed by atoms with Gasteiger partial charge in [-0.3, -0.25) is 0 Å². The first-order chi connectivity index (χ1) is 11.1. The predicted molar refractivity (Wildman–Crippen MR) is 94.3 cm³/mol. The minimum atomic E-state index is -0.521. The molecule has 0 radical (unpaired) electrons. The third-order valence-corrected chi connectivity index (χ3v) is 5.81. The summed E-state index contributed by atoms with van der Waals surface area (Å²) < 4.78 is 0. The molecule has 2 aromatic rings. The van der Waals surface area contributed by atoms with E-state index in [1.54, 1.807) is 0 Å². The lowest BCUT2D eigenvalue weighted by Crippen LogP contribution is -2.50. The molecule has 0 spiro atoms. The van der Waals surface area contributed by atoms with Crippen molar-refractivity contribution in [3.8, 4) is 11.1 Å². The summed E-state index contributed by atoms with van der Waals surface area (Å²) in [7, 11) is 2.22. The number of hydrogen-bond acceptors (Lipinski definition) is 2. The highest BCUT2D eigenvalue weighted by molar-refractivity contribution is 5.63. The fourth-order valence-corrected chi connectivity index (χ4v) is 4.51. The summed E-state index contributed by atoms with van der Waals surface area (Å²) in [6.07, 6.45) is 5.11. The molecule has 0 saturated carbocycles. The summed E-state index contributed by atoms with van der Waals surface area (Å²) in [6.45, 7) is 0. The van der Waals surface area contributed by atoms with Crippen LogP contribution in [0.2, 0.25) is 0 Å². The number of hydrogen-bond donors (Lipinski definition) is 1. The number of piperidine rings is 1. The van der Waals surface area contributed by atoms with Gasteiger partial charge < -0.3 is 10.0 Å². The highest BCUT2D eigenvalue weighted by atomic mass is 16.3. The Morgan fingerprint density at radius 1 is 0.913 bits per heavy atom. The smallest absolute Gasteiger partial charge is 0.0717 e. The lowest BCUT2D eigenvalue weighted by atomic mass is 9.81. The van der Waals surface area contributed by atoms with E-state index < -0.39 is 5.60 Å². The first kappa shape index (κ1) is 14.9. The van der Waals surface area contributed by atoms with Crippen molar-refractivity contribution in [2.45, 2.75) is 49.8 Å². The molecule has 1 N–H and O–H groups in total. The first-order valence-electron chi connectivity index (χ1n) is 8.72. The average molecular weight is 307 g/mol. The van der Waals surface area contributed by atoms with Crippen molar-refractivity contribution in [3.05, 3.63) is 60.2 Å². The summed E-state index contributed by atoms with van der Waals surface area (Å²) in [6, 6.07) is 20.3. The van der Waals surface area contributed by atoms with Crippen LogP contribution in [0, 0.1) is 0 Å². The van der Waals surface area contributed by atoms with Gasteiger partial charge in [0.05, 0.1) is 5.60 Å². The van der Waals surface area contributed by atoms with E-state index in [4.69, 9.17) is 0 Å². The Balaban J connectivity index is 1.49. The highest BCUT2D eigenvalue weighted by Gasteiger charge is 2.45. The average Bonchev–Trinajstić information content (AvgIpc) is 2.79. The molecule has 2 aliphatic heterocycles. The van der Waals surface area contributed by atoms with Crippen LogP contribution in [0.5, 0.6) is 0 Å². The zero-order valence-corrected chi connectivity index (χ0v) is 13.8. The van der Waals surface area contributed by atoms with Crippen LogP contribution in [0.3, 0.4) is 0 Å². The first-order valence-corrected chi connectivity index (χ1v) is 8.72. The summed E-state index contributed by atoms with van der Waals surface area (Å²) in [5.41, 5.74) is 3.21. The van der Waals surface area contributed by atoms with E-state index in [0.29, 0.717) is 12.1 Å². The molecule has 2 nitrogen and oxygen atoms in total. The summed E-state index contributed by atoms with van der Waals surface area (Å²) in [5, 5.41) is 11.1. The number of rotatable bonds is 3. The monoisotopic (exact) mass is 307 g/mol. The predicted octanol–water partition coefficient (Wildman–Crippen LogP) is 3.88. The van der Waals surface area contributed by atoms with Gasteiger partial charge in [0, 0.05) is 18.5 Å². The second-order valence-corrected chi connectivity index (χ2v) is 7.42. The molecule has 2 atom stereocenters. The molecule has 2 heterocycles. The van der Waals surface area contributed by atoms with E-state index in [0.717, 1.165) is 19.3 Å². The standard InChI is InChI=1S/C21H25NO/c1-22-19-11-12-20(22)15-21(23,14-19)13-16-7-9-18(10-8-16)17-5-3-2-4-6-17/h2-10,19-20,23H,11-15H2,1H3. The molecule has 0 amide bonds. The molecule has 2 aliphatic rings. The topological polar surface area (TPSA) is 23.5 Å². The molecule has 2 heteroatoms. The number of benzene rings is 2. The molecule has 2 bridgehead atoms. The maximum Gasteiger partial charge on any atom is 0.0717 e. The van der Waals surface area contributed by atoms with Crippen molar-refractivity contribution in [2.75, 3.05) is 7.05 Å². The lowest BCUT2D eigenvalue weighted by Gasteiger charge is -2.42. The minimum Gasteiger partial charge on any atom is -0.389 e. The van der Waals surface area contributed by atoms with E-state index in [9.17, 15) is 5.11 Å². The van der Waals surface area contributed by atoms with E-state index in [2.05, 4.69) is 60.5 Å². The Morgan fingerprint density at radius 3 is 2.09 bits per heavy atom. The zero-order valence-electron chi connectivity index (χ0n) is 13.8. The molecule has 23 heavy (non-hydrogen) atoms. The van der Waals surface area contributed by atoms with Gasteiger partial charge in [-0.05, 0) is 49.4 Å². The van der Waals surface area contributed by atoms with Gasteiger partial charge in [-0.15, -0.1) is 0 Å². The van der Waals surface area contributed by atoms with Crippen molar-refractivity contribution in [1.29, 1.82) is 0 Å². The van der Waals surface area contributed by atoms with Gasteiger partial charge in [-0.1, -0.05) is 54.6 Å². The van der Waals surface area contributed by atoms with Crippen molar-refractivity contribution in [1.82, 2.24) is 4.90 Å². The number of fused-ring (bicyclic) bond motifs is 2. The summed E-state index contributed by atoms with van der Waals surface area (Å²) in [4.78, 5) is 2.48. The number of nitrogens with zero attached hydrogens (tertiary/aromatic N) is 1. The van der Waals surface area contributed by atoms with Gasteiger partial charge in [0.25, 0.3) is 0 Å². The summed E-state index contributed by atoms with van der Waals surface area (Å²) in [5.74, 6) is 0. The molecule has 0 aliphatic carbocycles. The third-order valence-electron chi connectivity index (χ3n) is 5.81.